The lowest BCUT2D eigenvalue weighted by Gasteiger charge is -2.43. The Balaban J connectivity index is 1.41. The number of nitrogens with zero attached hydrogens (tertiary/aromatic N) is 1. The van der Waals surface area contributed by atoms with Gasteiger partial charge in [-0.1, -0.05) is 35.3 Å². The van der Waals surface area contributed by atoms with E-state index in [9.17, 15) is 9.59 Å². The molecule has 0 N–H and O–H groups in total. The highest BCUT2D eigenvalue weighted by Crippen LogP contribution is 2.40. The Kier molecular flexibility index (Phi) is 5.17. The summed E-state index contributed by atoms with van der Waals surface area (Å²) in [6.45, 7) is 1.10. The van der Waals surface area contributed by atoms with Gasteiger partial charge in [0.2, 0.25) is 5.91 Å². The van der Waals surface area contributed by atoms with Crippen molar-refractivity contribution in [1.82, 2.24) is 4.90 Å². The molecule has 0 aliphatic carbocycles. The van der Waals surface area contributed by atoms with Crippen molar-refractivity contribution in [3.8, 4) is 5.75 Å². The van der Waals surface area contributed by atoms with Crippen molar-refractivity contribution < 1.29 is 14.3 Å². The first-order valence-electron chi connectivity index (χ1n) is 9.18. The van der Waals surface area contributed by atoms with Gasteiger partial charge in [0, 0.05) is 42.1 Å². The Labute approximate surface area is 173 Å². The Bertz CT molecular complexity index is 962. The van der Waals surface area contributed by atoms with Crippen LogP contribution in [0, 0.1) is 0 Å². The predicted molar refractivity (Wildman–Crippen MR) is 110 cm³/mol. The molecule has 1 fully saturated rings. The summed E-state index contributed by atoms with van der Waals surface area (Å²) in [6, 6.07) is 12.5. The number of ether oxygens (including phenoxy) is 1. The fraction of sp³-hybridized carbons (Fsp3) is 0.273. The van der Waals surface area contributed by atoms with Crippen molar-refractivity contribution in [3.63, 3.8) is 0 Å². The first-order chi connectivity index (χ1) is 13.4. The minimum absolute atomic E-state index is 0.0457. The number of carbonyl (C=O) groups excluding carboxylic acids is 2. The standard InChI is InChI=1S/C22H19Cl2NO3/c23-16-3-1-2-15(12-16)4-7-21(27)25-10-8-22(9-11-25)14-19(26)18-13-17(24)5-6-20(18)28-22/h1-7,12-13H,8-11,14H2/b7-4+. The molecule has 2 aromatic carbocycles. The van der Waals surface area contributed by atoms with Gasteiger partial charge >= 0.3 is 0 Å². The molecule has 1 saturated heterocycles. The Morgan fingerprint density at radius 2 is 1.82 bits per heavy atom. The molecule has 144 valence electrons. The Hall–Kier alpha value is -2.30. The van der Waals surface area contributed by atoms with Gasteiger partial charge in [-0.05, 0) is 42.0 Å². The molecule has 28 heavy (non-hydrogen) atoms. The molecule has 1 spiro atoms. The molecule has 4 rings (SSSR count). The van der Waals surface area contributed by atoms with Crippen LogP contribution < -0.4 is 4.74 Å². The van der Waals surface area contributed by atoms with Crippen LogP contribution in [0.3, 0.4) is 0 Å². The lowest BCUT2D eigenvalue weighted by atomic mass is 9.82. The number of hydrogen-bond acceptors (Lipinski definition) is 3. The molecule has 6 heteroatoms. The number of likely N-dealkylation sites (tertiary alicyclic amines) is 1. The molecule has 0 unspecified atom stereocenters. The van der Waals surface area contributed by atoms with Gasteiger partial charge in [-0.3, -0.25) is 9.59 Å². The van der Waals surface area contributed by atoms with Crippen LogP contribution in [-0.4, -0.2) is 35.3 Å². The predicted octanol–water partition coefficient (Wildman–Crippen LogP) is 5.03. The highest BCUT2D eigenvalue weighted by molar-refractivity contribution is 6.31. The van der Waals surface area contributed by atoms with E-state index in [4.69, 9.17) is 27.9 Å². The average Bonchev–Trinajstić information content (AvgIpc) is 2.67. The van der Waals surface area contributed by atoms with Crippen molar-refractivity contribution >= 4 is 41.0 Å². The first kappa shape index (κ1) is 19.0. The lowest BCUT2D eigenvalue weighted by molar-refractivity contribution is -0.129. The van der Waals surface area contributed by atoms with Crippen LogP contribution in [0.15, 0.2) is 48.5 Å². The van der Waals surface area contributed by atoms with Crippen molar-refractivity contribution in [3.05, 3.63) is 69.7 Å². The molecule has 0 saturated carbocycles. The van der Waals surface area contributed by atoms with E-state index in [1.165, 1.54) is 0 Å². The number of ketones is 1. The summed E-state index contributed by atoms with van der Waals surface area (Å²) in [5.74, 6) is 0.579. The third kappa shape index (κ3) is 3.94. The minimum atomic E-state index is -0.536. The molecular weight excluding hydrogens is 397 g/mol. The van der Waals surface area contributed by atoms with Crippen LogP contribution in [0.1, 0.15) is 35.2 Å². The zero-order valence-electron chi connectivity index (χ0n) is 15.2. The van der Waals surface area contributed by atoms with Gasteiger partial charge in [-0.25, -0.2) is 0 Å². The summed E-state index contributed by atoms with van der Waals surface area (Å²) in [5, 5.41) is 1.16. The summed E-state index contributed by atoms with van der Waals surface area (Å²) >= 11 is 12.0. The average molecular weight is 416 g/mol. The Morgan fingerprint density at radius 1 is 1.07 bits per heavy atom. The summed E-state index contributed by atoms with van der Waals surface area (Å²) in [5.41, 5.74) is 0.887. The molecule has 2 aliphatic rings. The van der Waals surface area contributed by atoms with E-state index in [1.54, 1.807) is 41.3 Å². The fourth-order valence-electron chi connectivity index (χ4n) is 3.76. The van der Waals surface area contributed by atoms with E-state index in [0.29, 0.717) is 53.7 Å². The molecule has 2 aliphatic heterocycles. The number of Topliss-reactive ketones (excluding diaryl/α,β-unsaturated/α-hetero) is 1. The number of amides is 1. The highest BCUT2D eigenvalue weighted by Gasteiger charge is 2.43. The van der Waals surface area contributed by atoms with Gasteiger partial charge in [0.1, 0.15) is 11.4 Å². The zero-order chi connectivity index (χ0) is 19.7. The van der Waals surface area contributed by atoms with Crippen molar-refractivity contribution in [2.75, 3.05) is 13.1 Å². The smallest absolute Gasteiger partial charge is 0.246 e. The molecule has 1 amide bonds. The van der Waals surface area contributed by atoms with Crippen molar-refractivity contribution in [2.45, 2.75) is 24.9 Å². The van der Waals surface area contributed by atoms with Gasteiger partial charge in [0.25, 0.3) is 0 Å². The van der Waals surface area contributed by atoms with E-state index < -0.39 is 5.60 Å². The molecule has 2 heterocycles. The molecule has 4 nitrogen and oxygen atoms in total. The maximum absolute atomic E-state index is 12.6. The molecule has 0 aromatic heterocycles. The number of rotatable bonds is 2. The second kappa shape index (κ2) is 7.61. The van der Waals surface area contributed by atoms with E-state index >= 15 is 0 Å². The number of carbonyl (C=O) groups is 2. The van der Waals surface area contributed by atoms with Crippen LogP contribution in [0.5, 0.6) is 5.75 Å². The topological polar surface area (TPSA) is 46.6 Å². The largest absolute Gasteiger partial charge is 0.486 e. The van der Waals surface area contributed by atoms with E-state index in [1.807, 2.05) is 18.2 Å². The van der Waals surface area contributed by atoms with Crippen molar-refractivity contribution in [2.24, 2.45) is 0 Å². The third-order valence-corrected chi connectivity index (χ3v) is 5.77. The summed E-state index contributed by atoms with van der Waals surface area (Å²) in [4.78, 5) is 26.9. The molecule has 0 radical (unpaired) electrons. The number of fused-ring (bicyclic) bond motifs is 1. The molecule has 0 bridgehead atoms. The van der Waals surface area contributed by atoms with Gasteiger partial charge in [0.05, 0.1) is 12.0 Å². The number of benzene rings is 2. The summed E-state index contributed by atoms with van der Waals surface area (Å²) < 4.78 is 6.21. The van der Waals surface area contributed by atoms with E-state index in [-0.39, 0.29) is 11.7 Å². The zero-order valence-corrected chi connectivity index (χ0v) is 16.7. The van der Waals surface area contributed by atoms with E-state index in [2.05, 4.69) is 0 Å². The van der Waals surface area contributed by atoms with Gasteiger partial charge in [-0.15, -0.1) is 0 Å². The van der Waals surface area contributed by atoms with Crippen LogP contribution in [0.2, 0.25) is 10.0 Å². The maximum atomic E-state index is 12.6. The third-order valence-electron chi connectivity index (χ3n) is 5.30. The van der Waals surface area contributed by atoms with Crippen molar-refractivity contribution in [1.29, 1.82) is 0 Å². The number of hydrogen-bond donors (Lipinski definition) is 0. The fourth-order valence-corrected chi connectivity index (χ4v) is 4.13. The normalized spacial score (nSPS) is 18.2. The number of halogens is 2. The summed E-state index contributed by atoms with van der Waals surface area (Å²) in [7, 11) is 0. The van der Waals surface area contributed by atoms with Gasteiger partial charge < -0.3 is 9.64 Å². The second-order valence-corrected chi connectivity index (χ2v) is 8.11. The van der Waals surface area contributed by atoms with Crippen LogP contribution in [0.25, 0.3) is 6.08 Å². The monoisotopic (exact) mass is 415 g/mol. The van der Waals surface area contributed by atoms with Crippen LogP contribution >= 0.6 is 23.2 Å². The van der Waals surface area contributed by atoms with Crippen LogP contribution in [0.4, 0.5) is 0 Å². The van der Waals surface area contributed by atoms with Gasteiger partial charge in [0.15, 0.2) is 5.78 Å². The Morgan fingerprint density at radius 3 is 2.57 bits per heavy atom. The SMILES string of the molecule is O=C1CC2(CCN(C(=O)/C=C/c3cccc(Cl)c3)CC2)Oc2ccc(Cl)cc21. The minimum Gasteiger partial charge on any atom is -0.486 e. The summed E-state index contributed by atoms with van der Waals surface area (Å²) in [6.07, 6.45) is 4.89. The quantitative estimate of drug-likeness (QED) is 0.645. The highest BCUT2D eigenvalue weighted by atomic mass is 35.5. The molecule has 2 aromatic rings. The molecule has 0 atom stereocenters. The van der Waals surface area contributed by atoms with Crippen LogP contribution in [-0.2, 0) is 4.79 Å². The second-order valence-electron chi connectivity index (χ2n) is 7.24. The van der Waals surface area contributed by atoms with E-state index in [0.717, 1.165) is 5.56 Å². The first-order valence-corrected chi connectivity index (χ1v) is 9.94. The maximum Gasteiger partial charge on any atom is 0.246 e. The lowest BCUT2D eigenvalue weighted by Crippen LogP contribution is -2.52. The van der Waals surface area contributed by atoms with Gasteiger partial charge in [-0.2, -0.15) is 0 Å². The number of piperidine rings is 1. The molecular formula is C22H19Cl2NO3.